The highest BCUT2D eigenvalue weighted by Gasteiger charge is 2.20. The first-order valence-electron chi connectivity index (χ1n) is 6.67. The highest BCUT2D eigenvalue weighted by atomic mass is 32.2. The molecule has 0 spiro atoms. The van der Waals surface area contributed by atoms with Gasteiger partial charge in [0, 0.05) is 18.8 Å². The van der Waals surface area contributed by atoms with Gasteiger partial charge in [-0.2, -0.15) is 0 Å². The van der Waals surface area contributed by atoms with Crippen LogP contribution in [-0.4, -0.2) is 19.4 Å². The Labute approximate surface area is 115 Å². The Balaban J connectivity index is 2.75. The fourth-order valence-corrected chi connectivity index (χ4v) is 3.39. The van der Waals surface area contributed by atoms with Crippen LogP contribution >= 0.6 is 0 Å². The lowest BCUT2D eigenvalue weighted by Crippen LogP contribution is -2.33. The van der Waals surface area contributed by atoms with Gasteiger partial charge in [-0.15, -0.1) is 0 Å². The molecule has 1 unspecified atom stereocenters. The van der Waals surface area contributed by atoms with Crippen LogP contribution in [0.5, 0.6) is 0 Å². The molecular weight excluding hydrogens is 262 g/mol. The zero-order valence-corrected chi connectivity index (χ0v) is 12.4. The Morgan fingerprint density at radius 2 is 2.16 bits per heavy atom. The molecule has 0 aliphatic carbocycles. The van der Waals surface area contributed by atoms with E-state index in [9.17, 15) is 8.42 Å². The number of nitrogens with two attached hydrogens (primary N) is 1. The van der Waals surface area contributed by atoms with Crippen molar-refractivity contribution < 1.29 is 8.42 Å². The van der Waals surface area contributed by atoms with E-state index in [0.717, 1.165) is 25.7 Å². The number of hydrogen-bond acceptors (Lipinski definition) is 4. The molecule has 0 bridgehead atoms. The van der Waals surface area contributed by atoms with Gasteiger partial charge in [0.1, 0.15) is 4.90 Å². The molecule has 0 saturated carbocycles. The minimum Gasteiger partial charge on any atom is -0.325 e. The zero-order valence-electron chi connectivity index (χ0n) is 11.6. The van der Waals surface area contributed by atoms with Gasteiger partial charge in [-0.1, -0.05) is 26.2 Å². The van der Waals surface area contributed by atoms with Crippen molar-refractivity contribution in [2.45, 2.75) is 57.0 Å². The molecular formula is C13H23N3O2S. The van der Waals surface area contributed by atoms with Crippen molar-refractivity contribution in [2.75, 3.05) is 0 Å². The number of nitrogens with zero attached hydrogens (tertiary/aromatic N) is 1. The van der Waals surface area contributed by atoms with E-state index < -0.39 is 10.0 Å². The summed E-state index contributed by atoms with van der Waals surface area (Å²) in [6, 6.07) is 3.06. The molecule has 0 radical (unpaired) electrons. The summed E-state index contributed by atoms with van der Waals surface area (Å²) in [7, 11) is -3.53. The standard InChI is InChI=1S/C13H23N3O2S/c1-3-4-5-7-11(2)16-19(17,18)13-8-6-9-15-12(13)10-14/h6,8-9,11,16H,3-5,7,10,14H2,1-2H3. The second-order valence-corrected chi connectivity index (χ2v) is 6.35. The van der Waals surface area contributed by atoms with Crippen LogP contribution in [-0.2, 0) is 16.6 Å². The molecule has 6 heteroatoms. The van der Waals surface area contributed by atoms with Gasteiger partial charge < -0.3 is 5.73 Å². The molecule has 1 heterocycles. The third-order valence-corrected chi connectivity index (χ3v) is 4.59. The van der Waals surface area contributed by atoms with Gasteiger partial charge in [0.15, 0.2) is 0 Å². The smallest absolute Gasteiger partial charge is 0.242 e. The maximum absolute atomic E-state index is 12.2. The van der Waals surface area contributed by atoms with E-state index in [0.29, 0.717) is 5.69 Å². The normalized spacial score (nSPS) is 13.4. The molecule has 1 aromatic heterocycles. The highest BCUT2D eigenvalue weighted by molar-refractivity contribution is 7.89. The first-order valence-corrected chi connectivity index (χ1v) is 8.16. The summed E-state index contributed by atoms with van der Waals surface area (Å²) in [5.41, 5.74) is 5.92. The second kappa shape index (κ2) is 7.57. The van der Waals surface area contributed by atoms with Crippen LogP contribution in [0.1, 0.15) is 45.2 Å². The molecule has 108 valence electrons. The van der Waals surface area contributed by atoms with Gasteiger partial charge in [0.25, 0.3) is 0 Å². The van der Waals surface area contributed by atoms with Crippen LogP contribution in [0, 0.1) is 0 Å². The van der Waals surface area contributed by atoms with E-state index in [1.54, 1.807) is 12.3 Å². The van der Waals surface area contributed by atoms with E-state index in [1.165, 1.54) is 6.07 Å². The SMILES string of the molecule is CCCCCC(C)NS(=O)(=O)c1cccnc1CN. The van der Waals surface area contributed by atoms with Crippen LogP contribution < -0.4 is 10.5 Å². The van der Waals surface area contributed by atoms with Crippen molar-refractivity contribution in [3.63, 3.8) is 0 Å². The molecule has 19 heavy (non-hydrogen) atoms. The predicted octanol–water partition coefficient (Wildman–Crippen LogP) is 1.79. The number of hydrogen-bond donors (Lipinski definition) is 2. The Hall–Kier alpha value is -0.980. The maximum atomic E-state index is 12.2. The third kappa shape index (κ3) is 4.89. The van der Waals surface area contributed by atoms with E-state index in [2.05, 4.69) is 16.6 Å². The minimum absolute atomic E-state index is 0.0811. The molecule has 0 aliphatic rings. The summed E-state index contributed by atoms with van der Waals surface area (Å²) in [6.45, 7) is 4.12. The summed E-state index contributed by atoms with van der Waals surface area (Å²) < 4.78 is 27.2. The summed E-state index contributed by atoms with van der Waals surface area (Å²) in [4.78, 5) is 4.18. The van der Waals surface area contributed by atoms with Gasteiger partial charge >= 0.3 is 0 Å². The van der Waals surface area contributed by atoms with Gasteiger partial charge in [-0.3, -0.25) is 4.98 Å². The molecule has 0 amide bonds. The van der Waals surface area contributed by atoms with Crippen LogP contribution in [0.3, 0.4) is 0 Å². The Kier molecular flexibility index (Phi) is 6.41. The second-order valence-electron chi connectivity index (χ2n) is 4.67. The van der Waals surface area contributed by atoms with E-state index in [1.807, 2.05) is 6.92 Å². The molecule has 1 atom stereocenters. The average molecular weight is 285 g/mol. The van der Waals surface area contributed by atoms with E-state index >= 15 is 0 Å². The van der Waals surface area contributed by atoms with Crippen LogP contribution in [0.15, 0.2) is 23.2 Å². The summed E-state index contributed by atoms with van der Waals surface area (Å²) in [6.07, 6.45) is 5.65. The van der Waals surface area contributed by atoms with Crippen molar-refractivity contribution in [3.8, 4) is 0 Å². The number of sulfonamides is 1. The summed E-state index contributed by atoms with van der Waals surface area (Å²) >= 11 is 0. The number of unbranched alkanes of at least 4 members (excludes halogenated alkanes) is 2. The predicted molar refractivity (Wildman–Crippen MR) is 76.1 cm³/mol. The largest absolute Gasteiger partial charge is 0.325 e. The molecule has 0 aromatic carbocycles. The maximum Gasteiger partial charge on any atom is 0.242 e. The molecule has 0 aliphatic heterocycles. The Morgan fingerprint density at radius 3 is 2.79 bits per heavy atom. The molecule has 1 aromatic rings. The van der Waals surface area contributed by atoms with Crippen LogP contribution in [0.25, 0.3) is 0 Å². The molecule has 5 nitrogen and oxygen atoms in total. The number of nitrogens with one attached hydrogen (secondary N) is 1. The number of aromatic nitrogens is 1. The van der Waals surface area contributed by atoms with Crippen LogP contribution in [0.4, 0.5) is 0 Å². The first kappa shape index (κ1) is 16.1. The fraction of sp³-hybridized carbons (Fsp3) is 0.615. The Bertz CT molecular complexity index is 488. The van der Waals surface area contributed by atoms with Crippen molar-refractivity contribution in [2.24, 2.45) is 5.73 Å². The first-order chi connectivity index (χ1) is 9.01. The van der Waals surface area contributed by atoms with Crippen molar-refractivity contribution >= 4 is 10.0 Å². The van der Waals surface area contributed by atoms with Crippen molar-refractivity contribution in [3.05, 3.63) is 24.0 Å². The molecule has 1 rings (SSSR count). The lowest BCUT2D eigenvalue weighted by molar-refractivity contribution is 0.526. The summed E-state index contributed by atoms with van der Waals surface area (Å²) in [5, 5.41) is 0. The molecule has 0 saturated heterocycles. The zero-order chi connectivity index (χ0) is 14.3. The average Bonchev–Trinajstić information content (AvgIpc) is 2.38. The van der Waals surface area contributed by atoms with E-state index in [-0.39, 0.29) is 17.5 Å². The van der Waals surface area contributed by atoms with Crippen molar-refractivity contribution in [1.29, 1.82) is 0 Å². The van der Waals surface area contributed by atoms with Crippen molar-refractivity contribution in [1.82, 2.24) is 9.71 Å². The third-order valence-electron chi connectivity index (χ3n) is 2.93. The fourth-order valence-electron chi connectivity index (χ4n) is 1.91. The topological polar surface area (TPSA) is 85.1 Å². The molecule has 3 N–H and O–H groups in total. The van der Waals surface area contributed by atoms with Gasteiger partial charge in [0.2, 0.25) is 10.0 Å². The lowest BCUT2D eigenvalue weighted by Gasteiger charge is -2.15. The van der Waals surface area contributed by atoms with Gasteiger partial charge in [0.05, 0.1) is 5.69 Å². The quantitative estimate of drug-likeness (QED) is 0.713. The number of rotatable bonds is 8. The van der Waals surface area contributed by atoms with Crippen LogP contribution in [0.2, 0.25) is 0 Å². The lowest BCUT2D eigenvalue weighted by atomic mass is 10.1. The monoisotopic (exact) mass is 285 g/mol. The van der Waals surface area contributed by atoms with Gasteiger partial charge in [-0.05, 0) is 25.5 Å². The van der Waals surface area contributed by atoms with Gasteiger partial charge in [-0.25, -0.2) is 13.1 Å². The van der Waals surface area contributed by atoms with E-state index in [4.69, 9.17) is 5.73 Å². The number of pyridine rings is 1. The molecule has 0 fully saturated rings. The Morgan fingerprint density at radius 1 is 1.42 bits per heavy atom. The summed E-state index contributed by atoms with van der Waals surface area (Å²) in [5.74, 6) is 0. The minimum atomic E-state index is -3.53. The highest BCUT2D eigenvalue weighted by Crippen LogP contribution is 2.14.